The molecule has 25 heavy (non-hydrogen) atoms. The maximum Gasteiger partial charge on any atom is 0.498 e. The van der Waals surface area contributed by atoms with Gasteiger partial charge in [0.25, 0.3) is 19.7 Å². The normalized spacial score (nSPS) is 14.0. The molecular formula is C10H8F6O7S2. The molecule has 0 bridgehead atoms. The Hall–Kier alpha value is -1.90. The van der Waals surface area contributed by atoms with Gasteiger partial charge in [0.05, 0.1) is 0 Å². The van der Waals surface area contributed by atoms with Crippen molar-refractivity contribution in [1.29, 1.82) is 0 Å². The number of aromatic hydroxyl groups is 3. The lowest BCUT2D eigenvalue weighted by Crippen LogP contribution is -2.46. The smallest absolute Gasteiger partial charge is 0.498 e. The number of hydrogen-bond acceptors (Lipinski definition) is 7. The van der Waals surface area contributed by atoms with E-state index in [1.165, 1.54) is 0 Å². The van der Waals surface area contributed by atoms with Crippen molar-refractivity contribution in [2.24, 2.45) is 0 Å². The highest BCUT2D eigenvalue weighted by atomic mass is 32.3. The average molecular weight is 418 g/mol. The molecule has 0 aromatic heterocycles. The number of benzene rings is 1. The number of sulfone groups is 2. The zero-order valence-corrected chi connectivity index (χ0v) is 13.1. The van der Waals surface area contributed by atoms with Crippen LogP contribution >= 0.6 is 0 Å². The summed E-state index contributed by atoms with van der Waals surface area (Å²) >= 11 is 0. The predicted molar refractivity (Wildman–Crippen MR) is 68.9 cm³/mol. The van der Waals surface area contributed by atoms with E-state index in [-0.39, 0.29) is 0 Å². The molecule has 0 aliphatic heterocycles. The highest BCUT2D eigenvalue weighted by Gasteiger charge is 2.62. The average Bonchev–Trinajstić information content (AvgIpc) is 2.33. The Morgan fingerprint density at radius 1 is 0.800 bits per heavy atom. The lowest BCUT2D eigenvalue weighted by Gasteiger charge is -2.21. The summed E-state index contributed by atoms with van der Waals surface area (Å²) in [6, 6.07) is 0.707. The molecule has 0 fully saturated rings. The van der Waals surface area contributed by atoms with Crippen molar-refractivity contribution in [3.8, 4) is 17.2 Å². The van der Waals surface area contributed by atoms with E-state index in [2.05, 4.69) is 0 Å². The maximum atomic E-state index is 12.6. The Bertz CT molecular complexity index is 803. The van der Waals surface area contributed by atoms with Crippen LogP contribution in [0.2, 0.25) is 0 Å². The van der Waals surface area contributed by atoms with Gasteiger partial charge in [0, 0.05) is 24.1 Å². The van der Waals surface area contributed by atoms with Crippen LogP contribution in [0, 0.1) is 0 Å². The summed E-state index contributed by atoms with van der Waals surface area (Å²) in [5, 5.41) is 27.8. The van der Waals surface area contributed by atoms with E-state index in [0.29, 0.717) is 12.1 Å². The molecule has 1 aromatic carbocycles. The fourth-order valence-electron chi connectivity index (χ4n) is 1.69. The second-order valence-electron chi connectivity index (χ2n) is 4.58. The minimum atomic E-state index is -6.91. The molecule has 0 atom stereocenters. The van der Waals surface area contributed by atoms with Crippen molar-refractivity contribution in [3.63, 3.8) is 0 Å². The van der Waals surface area contributed by atoms with Crippen molar-refractivity contribution in [1.82, 2.24) is 0 Å². The molecule has 1 rings (SSSR count). The van der Waals surface area contributed by atoms with Crippen LogP contribution in [0.1, 0.15) is 5.56 Å². The molecule has 0 spiro atoms. The van der Waals surface area contributed by atoms with E-state index >= 15 is 0 Å². The summed E-state index contributed by atoms with van der Waals surface area (Å²) in [6.45, 7) is 0. The summed E-state index contributed by atoms with van der Waals surface area (Å²) in [7, 11) is -13.8. The van der Waals surface area contributed by atoms with Crippen LogP contribution in [0.5, 0.6) is 17.2 Å². The van der Waals surface area contributed by atoms with Crippen LogP contribution in [-0.4, -0.2) is 47.8 Å². The first-order valence-corrected chi connectivity index (χ1v) is 8.86. The molecule has 0 radical (unpaired) electrons. The molecule has 0 unspecified atom stereocenters. The van der Waals surface area contributed by atoms with E-state index in [9.17, 15) is 53.4 Å². The van der Waals surface area contributed by atoms with Crippen LogP contribution in [-0.2, 0) is 26.1 Å². The molecule has 3 N–H and O–H groups in total. The molecule has 0 saturated carbocycles. The van der Waals surface area contributed by atoms with Crippen molar-refractivity contribution in [2.45, 2.75) is 22.0 Å². The number of rotatable bonds is 4. The summed E-state index contributed by atoms with van der Waals surface area (Å²) in [4.78, 5) is 0. The SMILES string of the molecule is O=S(=O)(C(Cc1c(O)cc(O)cc1O)S(=O)(=O)C(F)(F)F)C(F)(F)F. The summed E-state index contributed by atoms with van der Waals surface area (Å²) < 4.78 is 117. The van der Waals surface area contributed by atoms with Crippen molar-refractivity contribution in [2.75, 3.05) is 0 Å². The maximum absolute atomic E-state index is 12.6. The van der Waals surface area contributed by atoms with Crippen molar-refractivity contribution in [3.05, 3.63) is 17.7 Å². The second kappa shape index (κ2) is 6.12. The van der Waals surface area contributed by atoms with Crippen LogP contribution < -0.4 is 0 Å². The standard InChI is InChI=1S/C10H8F6O7S2/c11-9(12,13)24(20,21)8(25(22,23)10(14,15)16)3-5-6(18)1-4(17)2-7(5)19/h1-2,8,17-19H,3H2. The Kier molecular flexibility index (Phi) is 5.17. The van der Waals surface area contributed by atoms with Gasteiger partial charge in [-0.1, -0.05) is 0 Å². The van der Waals surface area contributed by atoms with Crippen LogP contribution in [0.15, 0.2) is 12.1 Å². The van der Waals surface area contributed by atoms with Gasteiger partial charge in [-0.2, -0.15) is 26.3 Å². The molecule has 0 aliphatic carbocycles. The van der Waals surface area contributed by atoms with Crippen LogP contribution in [0.3, 0.4) is 0 Å². The minimum Gasteiger partial charge on any atom is -0.508 e. The fraction of sp³-hybridized carbons (Fsp3) is 0.400. The van der Waals surface area contributed by atoms with E-state index in [4.69, 9.17) is 5.11 Å². The largest absolute Gasteiger partial charge is 0.508 e. The van der Waals surface area contributed by atoms with E-state index in [0.717, 1.165) is 0 Å². The highest BCUT2D eigenvalue weighted by molar-refractivity contribution is 8.09. The monoisotopic (exact) mass is 418 g/mol. The molecule has 0 aliphatic rings. The van der Waals surface area contributed by atoms with Gasteiger partial charge >= 0.3 is 11.0 Å². The van der Waals surface area contributed by atoms with Gasteiger partial charge in [-0.25, -0.2) is 16.8 Å². The third kappa shape index (κ3) is 3.86. The third-order valence-electron chi connectivity index (χ3n) is 2.90. The van der Waals surface area contributed by atoms with E-state index < -0.39 is 64.5 Å². The zero-order chi connectivity index (χ0) is 20.0. The Morgan fingerprint density at radius 3 is 1.40 bits per heavy atom. The summed E-state index contributed by atoms with van der Waals surface area (Å²) in [5.41, 5.74) is -14.0. The van der Waals surface area contributed by atoms with Crippen molar-refractivity contribution < 1.29 is 58.5 Å². The summed E-state index contributed by atoms with van der Waals surface area (Å²) in [5.74, 6) is -3.48. The molecule has 0 heterocycles. The van der Waals surface area contributed by atoms with Crippen LogP contribution in [0.4, 0.5) is 26.3 Å². The first-order valence-electron chi connectivity index (χ1n) is 5.77. The number of alkyl halides is 6. The number of phenolic OH excluding ortho intramolecular Hbond substituents is 3. The van der Waals surface area contributed by atoms with Gasteiger partial charge in [-0.15, -0.1) is 0 Å². The van der Waals surface area contributed by atoms with Gasteiger partial charge in [-0.3, -0.25) is 0 Å². The minimum absolute atomic E-state index is 0.354. The van der Waals surface area contributed by atoms with Gasteiger partial charge < -0.3 is 15.3 Å². The summed E-state index contributed by atoms with van der Waals surface area (Å²) in [6.07, 6.45) is -2.07. The molecule has 7 nitrogen and oxygen atoms in total. The van der Waals surface area contributed by atoms with Gasteiger partial charge in [-0.05, 0) is 0 Å². The molecule has 15 heteroatoms. The topological polar surface area (TPSA) is 129 Å². The molecule has 144 valence electrons. The predicted octanol–water partition coefficient (Wildman–Crippen LogP) is 1.54. The molecule has 1 aromatic rings. The van der Waals surface area contributed by atoms with Crippen LogP contribution in [0.25, 0.3) is 0 Å². The lowest BCUT2D eigenvalue weighted by atomic mass is 10.1. The fourth-order valence-corrected chi connectivity index (χ4v) is 5.04. The first kappa shape index (κ1) is 21.1. The van der Waals surface area contributed by atoms with Gasteiger partial charge in [0.2, 0.25) is 0 Å². The third-order valence-corrected chi connectivity index (χ3v) is 7.42. The molecular weight excluding hydrogens is 410 g/mol. The first-order chi connectivity index (χ1) is 10.9. The Balaban J connectivity index is 3.68. The van der Waals surface area contributed by atoms with Gasteiger partial charge in [0.15, 0.2) is 4.58 Å². The molecule has 0 saturated heterocycles. The Morgan fingerprint density at radius 2 is 1.12 bits per heavy atom. The lowest BCUT2D eigenvalue weighted by molar-refractivity contribution is -0.0471. The molecule has 0 amide bonds. The van der Waals surface area contributed by atoms with Gasteiger partial charge in [0.1, 0.15) is 17.2 Å². The number of halogens is 6. The van der Waals surface area contributed by atoms with Crippen molar-refractivity contribution >= 4 is 19.7 Å². The highest BCUT2D eigenvalue weighted by Crippen LogP contribution is 2.41. The second-order valence-corrected chi connectivity index (χ2v) is 9.12. The number of phenols is 3. The number of hydrogen-bond donors (Lipinski definition) is 3. The van der Waals surface area contributed by atoms with E-state index in [1.807, 2.05) is 0 Å². The zero-order valence-electron chi connectivity index (χ0n) is 11.5. The Labute approximate surface area is 136 Å². The van der Waals surface area contributed by atoms with E-state index in [1.54, 1.807) is 0 Å². The quantitative estimate of drug-likeness (QED) is 0.633.